The van der Waals surface area contributed by atoms with Gasteiger partial charge in [-0.25, -0.2) is 0 Å². The Bertz CT molecular complexity index is 241. The van der Waals surface area contributed by atoms with Gasteiger partial charge in [0.1, 0.15) is 0 Å². The fraction of sp³-hybridized carbons (Fsp3) is 0.500. The van der Waals surface area contributed by atoms with Crippen LogP contribution in [0.4, 0.5) is 0 Å². The van der Waals surface area contributed by atoms with Gasteiger partial charge in [-0.05, 0) is 6.92 Å². The number of hydrogen-bond donors (Lipinski definition) is 2. The molecule has 0 saturated carbocycles. The van der Waals surface area contributed by atoms with Gasteiger partial charge in [-0.3, -0.25) is 9.59 Å². The van der Waals surface area contributed by atoms with Gasteiger partial charge in [-0.15, -0.1) is 12.3 Å². The Morgan fingerprint density at radius 1 is 1.67 bits per heavy atom. The van der Waals surface area contributed by atoms with E-state index in [0.717, 1.165) is 0 Å². The van der Waals surface area contributed by atoms with Crippen LogP contribution >= 0.6 is 0 Å². The van der Waals surface area contributed by atoms with Crippen molar-refractivity contribution in [3.8, 4) is 12.3 Å². The summed E-state index contributed by atoms with van der Waals surface area (Å²) >= 11 is 0. The number of nitrogens with one attached hydrogen (secondary N) is 1. The van der Waals surface area contributed by atoms with Gasteiger partial charge in [0.25, 0.3) is 0 Å². The smallest absolute Gasteiger partial charge is 0.319 e. The lowest BCUT2D eigenvalue weighted by atomic mass is 9.86. The van der Waals surface area contributed by atoms with Gasteiger partial charge in [0.05, 0.1) is 0 Å². The lowest BCUT2D eigenvalue weighted by molar-refractivity contribution is -0.154. The molecule has 2 N–H and O–H groups in total. The van der Waals surface area contributed by atoms with Crippen LogP contribution in [0.25, 0.3) is 0 Å². The summed E-state index contributed by atoms with van der Waals surface area (Å²) in [5.41, 5.74) is -1.51. The van der Waals surface area contributed by atoms with Crippen LogP contribution in [-0.2, 0) is 9.59 Å². The van der Waals surface area contributed by atoms with Crippen LogP contribution in [0.5, 0.6) is 0 Å². The molecule has 0 bridgehead atoms. The molecule has 1 atom stereocenters. The molecule has 0 aliphatic heterocycles. The van der Waals surface area contributed by atoms with E-state index in [9.17, 15) is 9.59 Å². The zero-order valence-corrected chi connectivity index (χ0v) is 7.05. The van der Waals surface area contributed by atoms with Crippen LogP contribution in [0.2, 0.25) is 0 Å². The van der Waals surface area contributed by atoms with Crippen LogP contribution in [-0.4, -0.2) is 24.0 Å². The topological polar surface area (TPSA) is 66.4 Å². The molecular formula is C8H11NO3. The SMILES string of the molecule is C#CCC(C)(C(=O)O)C(=O)NC. The molecule has 0 aliphatic rings. The molecule has 1 unspecified atom stereocenters. The zero-order valence-electron chi connectivity index (χ0n) is 7.05. The quantitative estimate of drug-likeness (QED) is 0.456. The molecule has 0 aromatic rings. The van der Waals surface area contributed by atoms with Crippen molar-refractivity contribution >= 4 is 11.9 Å². The van der Waals surface area contributed by atoms with Gasteiger partial charge >= 0.3 is 5.97 Å². The first-order valence-electron chi connectivity index (χ1n) is 3.38. The summed E-state index contributed by atoms with van der Waals surface area (Å²) in [6, 6.07) is 0. The first-order valence-corrected chi connectivity index (χ1v) is 3.38. The van der Waals surface area contributed by atoms with E-state index < -0.39 is 17.3 Å². The molecule has 0 aliphatic carbocycles. The maximum absolute atomic E-state index is 11.1. The van der Waals surface area contributed by atoms with E-state index >= 15 is 0 Å². The standard InChI is InChI=1S/C8H11NO3/c1-4-5-8(2,7(11)12)6(10)9-3/h1H,5H2,2-3H3,(H,9,10)(H,11,12). The van der Waals surface area contributed by atoms with Gasteiger partial charge in [0.2, 0.25) is 5.91 Å². The highest BCUT2D eigenvalue weighted by atomic mass is 16.4. The number of hydrogen-bond acceptors (Lipinski definition) is 2. The van der Waals surface area contributed by atoms with Crippen LogP contribution in [0.1, 0.15) is 13.3 Å². The number of carboxylic acid groups (broad SMARTS) is 1. The van der Waals surface area contributed by atoms with Gasteiger partial charge in [-0.2, -0.15) is 0 Å². The van der Waals surface area contributed by atoms with E-state index in [0.29, 0.717) is 0 Å². The molecular weight excluding hydrogens is 158 g/mol. The summed E-state index contributed by atoms with van der Waals surface area (Å²) in [4.78, 5) is 21.7. The largest absolute Gasteiger partial charge is 0.480 e. The second-order valence-corrected chi connectivity index (χ2v) is 2.60. The lowest BCUT2D eigenvalue weighted by Crippen LogP contribution is -2.42. The summed E-state index contributed by atoms with van der Waals surface area (Å²) in [6.07, 6.45) is 4.84. The minimum absolute atomic E-state index is 0.109. The minimum atomic E-state index is -1.51. The lowest BCUT2D eigenvalue weighted by Gasteiger charge is -2.19. The summed E-state index contributed by atoms with van der Waals surface area (Å²) in [5.74, 6) is 0.379. The van der Waals surface area contributed by atoms with E-state index in [1.807, 2.05) is 0 Å². The Kier molecular flexibility index (Phi) is 3.30. The van der Waals surface area contributed by atoms with Gasteiger partial charge in [0, 0.05) is 13.5 Å². The van der Waals surface area contributed by atoms with Gasteiger partial charge in [0.15, 0.2) is 5.41 Å². The average Bonchev–Trinajstić information content (AvgIpc) is 2.03. The molecule has 0 rings (SSSR count). The molecule has 12 heavy (non-hydrogen) atoms. The van der Waals surface area contributed by atoms with E-state index in [-0.39, 0.29) is 6.42 Å². The normalized spacial score (nSPS) is 14.1. The number of terminal acetylenes is 1. The Hall–Kier alpha value is -1.50. The maximum Gasteiger partial charge on any atom is 0.319 e. The molecule has 0 spiro atoms. The summed E-state index contributed by atoms with van der Waals surface area (Å²) in [5, 5.41) is 11.0. The number of carboxylic acids is 1. The fourth-order valence-electron chi connectivity index (χ4n) is 0.733. The molecule has 4 heteroatoms. The molecule has 0 radical (unpaired) electrons. The Balaban J connectivity index is 4.76. The van der Waals surface area contributed by atoms with Crippen molar-refractivity contribution < 1.29 is 14.7 Å². The van der Waals surface area contributed by atoms with E-state index in [1.165, 1.54) is 14.0 Å². The summed E-state index contributed by atoms with van der Waals surface area (Å²) in [6.45, 7) is 1.30. The molecule has 0 aromatic carbocycles. The number of rotatable bonds is 3. The molecule has 0 heterocycles. The monoisotopic (exact) mass is 169 g/mol. The van der Waals surface area contributed by atoms with E-state index in [2.05, 4.69) is 11.2 Å². The van der Waals surface area contributed by atoms with Crippen molar-refractivity contribution in [3.05, 3.63) is 0 Å². The van der Waals surface area contributed by atoms with Crippen molar-refractivity contribution in [2.45, 2.75) is 13.3 Å². The number of carbonyl (C=O) groups excluding carboxylic acids is 1. The van der Waals surface area contributed by atoms with Crippen molar-refractivity contribution in [2.75, 3.05) is 7.05 Å². The number of amides is 1. The third-order valence-corrected chi connectivity index (χ3v) is 1.66. The zero-order chi connectivity index (χ0) is 9.78. The Morgan fingerprint density at radius 3 is 2.42 bits per heavy atom. The van der Waals surface area contributed by atoms with Crippen molar-refractivity contribution in [2.24, 2.45) is 5.41 Å². The number of carbonyl (C=O) groups is 2. The predicted molar refractivity (Wildman–Crippen MR) is 43.3 cm³/mol. The van der Waals surface area contributed by atoms with Crippen molar-refractivity contribution in [1.29, 1.82) is 0 Å². The molecule has 66 valence electrons. The van der Waals surface area contributed by atoms with E-state index in [4.69, 9.17) is 11.5 Å². The van der Waals surface area contributed by atoms with Gasteiger partial charge < -0.3 is 10.4 Å². The fourth-order valence-corrected chi connectivity index (χ4v) is 0.733. The highest BCUT2D eigenvalue weighted by Gasteiger charge is 2.39. The van der Waals surface area contributed by atoms with Crippen LogP contribution in [0.15, 0.2) is 0 Å². The maximum atomic E-state index is 11.1. The highest BCUT2D eigenvalue weighted by Crippen LogP contribution is 2.20. The Morgan fingerprint density at radius 2 is 2.17 bits per heavy atom. The molecule has 1 amide bonds. The first-order chi connectivity index (χ1) is 5.49. The summed E-state index contributed by atoms with van der Waals surface area (Å²) < 4.78 is 0. The molecule has 4 nitrogen and oxygen atoms in total. The second-order valence-electron chi connectivity index (χ2n) is 2.60. The molecule has 0 aromatic heterocycles. The summed E-state index contributed by atoms with van der Waals surface area (Å²) in [7, 11) is 1.38. The third-order valence-electron chi connectivity index (χ3n) is 1.66. The first kappa shape index (κ1) is 10.5. The van der Waals surface area contributed by atoms with Crippen LogP contribution in [0, 0.1) is 17.8 Å². The minimum Gasteiger partial charge on any atom is -0.480 e. The predicted octanol–water partition coefficient (Wildman–Crippen LogP) is -0.153. The van der Waals surface area contributed by atoms with Crippen molar-refractivity contribution in [1.82, 2.24) is 5.32 Å². The average molecular weight is 169 g/mol. The second kappa shape index (κ2) is 3.77. The Labute approximate surface area is 71.0 Å². The van der Waals surface area contributed by atoms with Gasteiger partial charge in [-0.1, -0.05) is 0 Å². The molecule has 0 fully saturated rings. The third kappa shape index (κ3) is 1.76. The van der Waals surface area contributed by atoms with Crippen molar-refractivity contribution in [3.63, 3.8) is 0 Å². The van der Waals surface area contributed by atoms with Crippen LogP contribution in [0.3, 0.4) is 0 Å². The van der Waals surface area contributed by atoms with Crippen LogP contribution < -0.4 is 5.32 Å². The highest BCUT2D eigenvalue weighted by molar-refractivity contribution is 6.01. The number of aliphatic carboxylic acids is 1. The van der Waals surface area contributed by atoms with E-state index in [1.54, 1.807) is 0 Å². The molecule has 0 saturated heterocycles.